The smallest absolute Gasteiger partial charge is 0.274 e. The number of benzene rings is 2. The molecule has 7 nitrogen and oxygen atoms in total. The lowest BCUT2D eigenvalue weighted by atomic mass is 10.1. The van der Waals surface area contributed by atoms with Gasteiger partial charge < -0.3 is 20.1 Å². The molecule has 2 aromatic carbocycles. The first-order chi connectivity index (χ1) is 13.9. The summed E-state index contributed by atoms with van der Waals surface area (Å²) in [7, 11) is 3.18. The SMILES string of the molecule is COc1ccc(OC)c(Nc2cc(C(=O)Nc3cc(C)ccc3C)nc(C)n2)c1. The van der Waals surface area contributed by atoms with Gasteiger partial charge in [0.1, 0.15) is 28.8 Å². The summed E-state index contributed by atoms with van der Waals surface area (Å²) in [6.45, 7) is 5.67. The minimum atomic E-state index is -0.301. The Kier molecular flexibility index (Phi) is 5.97. The first kappa shape index (κ1) is 20.1. The molecule has 150 valence electrons. The largest absolute Gasteiger partial charge is 0.497 e. The molecular weight excluding hydrogens is 368 g/mol. The van der Waals surface area contributed by atoms with Gasteiger partial charge in [0.05, 0.1) is 19.9 Å². The summed E-state index contributed by atoms with van der Waals surface area (Å²) in [5, 5.41) is 6.11. The monoisotopic (exact) mass is 392 g/mol. The van der Waals surface area contributed by atoms with Gasteiger partial charge in [0.2, 0.25) is 0 Å². The van der Waals surface area contributed by atoms with Crippen LogP contribution in [0.1, 0.15) is 27.4 Å². The highest BCUT2D eigenvalue weighted by atomic mass is 16.5. The molecule has 0 atom stereocenters. The van der Waals surface area contributed by atoms with Crippen LogP contribution in [0.4, 0.5) is 17.2 Å². The number of methoxy groups -OCH3 is 2. The van der Waals surface area contributed by atoms with E-state index >= 15 is 0 Å². The van der Waals surface area contributed by atoms with Gasteiger partial charge in [0, 0.05) is 17.8 Å². The maximum Gasteiger partial charge on any atom is 0.274 e. The van der Waals surface area contributed by atoms with E-state index in [-0.39, 0.29) is 11.6 Å². The summed E-state index contributed by atoms with van der Waals surface area (Å²) in [6, 6.07) is 12.9. The lowest BCUT2D eigenvalue weighted by Crippen LogP contribution is -2.16. The molecule has 0 radical (unpaired) electrons. The van der Waals surface area contributed by atoms with Crippen LogP contribution < -0.4 is 20.1 Å². The molecule has 3 aromatic rings. The number of aromatic nitrogens is 2. The van der Waals surface area contributed by atoms with Gasteiger partial charge in [-0.2, -0.15) is 0 Å². The van der Waals surface area contributed by atoms with Crippen molar-refractivity contribution in [2.75, 3.05) is 24.9 Å². The average Bonchev–Trinajstić information content (AvgIpc) is 2.70. The van der Waals surface area contributed by atoms with E-state index in [2.05, 4.69) is 20.6 Å². The highest BCUT2D eigenvalue weighted by Crippen LogP contribution is 2.31. The molecule has 0 unspecified atom stereocenters. The Morgan fingerprint density at radius 1 is 0.897 bits per heavy atom. The van der Waals surface area contributed by atoms with Gasteiger partial charge in [-0.1, -0.05) is 12.1 Å². The number of nitrogens with zero attached hydrogens (tertiary/aromatic N) is 2. The normalized spacial score (nSPS) is 10.4. The molecule has 1 amide bonds. The number of amides is 1. The van der Waals surface area contributed by atoms with Crippen LogP contribution in [0, 0.1) is 20.8 Å². The van der Waals surface area contributed by atoms with Crippen molar-refractivity contribution in [3.8, 4) is 11.5 Å². The van der Waals surface area contributed by atoms with Crippen molar-refractivity contribution in [3.05, 3.63) is 65.1 Å². The molecule has 0 saturated carbocycles. The number of anilines is 3. The van der Waals surface area contributed by atoms with E-state index in [0.717, 1.165) is 16.8 Å². The Hall–Kier alpha value is -3.61. The second-order valence-electron chi connectivity index (χ2n) is 6.65. The van der Waals surface area contributed by atoms with Gasteiger partial charge in [-0.15, -0.1) is 0 Å². The lowest BCUT2D eigenvalue weighted by Gasteiger charge is -2.13. The van der Waals surface area contributed by atoms with Crippen LogP contribution in [0.5, 0.6) is 11.5 Å². The quantitative estimate of drug-likeness (QED) is 0.646. The van der Waals surface area contributed by atoms with Gasteiger partial charge in [0.25, 0.3) is 5.91 Å². The predicted molar refractivity (Wildman–Crippen MR) is 113 cm³/mol. The van der Waals surface area contributed by atoms with Crippen LogP contribution in [-0.4, -0.2) is 30.1 Å². The fraction of sp³-hybridized carbons (Fsp3) is 0.227. The maximum atomic E-state index is 12.8. The van der Waals surface area contributed by atoms with Crippen molar-refractivity contribution >= 4 is 23.1 Å². The fourth-order valence-electron chi connectivity index (χ4n) is 2.85. The summed E-state index contributed by atoms with van der Waals surface area (Å²) < 4.78 is 10.7. The van der Waals surface area contributed by atoms with Gasteiger partial charge in [0.15, 0.2) is 0 Å². The molecule has 3 rings (SSSR count). The maximum absolute atomic E-state index is 12.8. The molecule has 1 heterocycles. The van der Waals surface area contributed by atoms with E-state index in [1.807, 2.05) is 32.0 Å². The van der Waals surface area contributed by atoms with Gasteiger partial charge in [-0.05, 0) is 50.1 Å². The van der Waals surface area contributed by atoms with Crippen molar-refractivity contribution < 1.29 is 14.3 Å². The number of rotatable bonds is 6. The minimum Gasteiger partial charge on any atom is -0.497 e. The molecule has 7 heteroatoms. The summed E-state index contributed by atoms with van der Waals surface area (Å²) in [5.41, 5.74) is 3.75. The minimum absolute atomic E-state index is 0.266. The van der Waals surface area contributed by atoms with E-state index in [1.165, 1.54) is 0 Å². The molecule has 29 heavy (non-hydrogen) atoms. The lowest BCUT2D eigenvalue weighted by molar-refractivity contribution is 0.102. The topological polar surface area (TPSA) is 85.4 Å². The van der Waals surface area contributed by atoms with Gasteiger partial charge >= 0.3 is 0 Å². The van der Waals surface area contributed by atoms with E-state index in [1.54, 1.807) is 45.4 Å². The summed E-state index contributed by atoms with van der Waals surface area (Å²) in [4.78, 5) is 21.4. The van der Waals surface area contributed by atoms with Gasteiger partial charge in [-0.25, -0.2) is 9.97 Å². The molecule has 1 aromatic heterocycles. The number of aryl methyl sites for hydroxylation is 3. The highest BCUT2D eigenvalue weighted by Gasteiger charge is 2.14. The first-order valence-electron chi connectivity index (χ1n) is 9.13. The summed E-state index contributed by atoms with van der Waals surface area (Å²) in [6.07, 6.45) is 0. The third kappa shape index (κ3) is 4.82. The Bertz CT molecular complexity index is 1050. The van der Waals surface area contributed by atoms with Crippen molar-refractivity contribution in [1.82, 2.24) is 9.97 Å². The van der Waals surface area contributed by atoms with Crippen LogP contribution in [-0.2, 0) is 0 Å². The zero-order chi connectivity index (χ0) is 21.0. The predicted octanol–water partition coefficient (Wildman–Crippen LogP) is 4.41. The Labute approximate surface area is 170 Å². The second kappa shape index (κ2) is 8.60. The van der Waals surface area contributed by atoms with Crippen LogP contribution in [0.15, 0.2) is 42.5 Å². The molecule has 0 saturated heterocycles. The van der Waals surface area contributed by atoms with Crippen molar-refractivity contribution in [2.24, 2.45) is 0 Å². The van der Waals surface area contributed by atoms with E-state index < -0.39 is 0 Å². The van der Waals surface area contributed by atoms with Crippen molar-refractivity contribution in [2.45, 2.75) is 20.8 Å². The van der Waals surface area contributed by atoms with E-state index in [9.17, 15) is 4.79 Å². The highest BCUT2D eigenvalue weighted by molar-refractivity contribution is 6.03. The molecule has 0 fully saturated rings. The zero-order valence-corrected chi connectivity index (χ0v) is 17.2. The fourth-order valence-corrected chi connectivity index (χ4v) is 2.85. The Balaban J connectivity index is 1.88. The third-order valence-electron chi connectivity index (χ3n) is 4.38. The Morgan fingerprint density at radius 3 is 2.41 bits per heavy atom. The third-order valence-corrected chi connectivity index (χ3v) is 4.38. The van der Waals surface area contributed by atoms with Crippen LogP contribution >= 0.6 is 0 Å². The molecule has 0 spiro atoms. The van der Waals surface area contributed by atoms with Crippen LogP contribution in [0.25, 0.3) is 0 Å². The molecule has 0 aliphatic heterocycles. The average molecular weight is 392 g/mol. The zero-order valence-electron chi connectivity index (χ0n) is 17.2. The standard InChI is InChI=1S/C22H24N4O3/c1-13-6-7-14(2)17(10-13)26-22(27)19-12-21(24-15(3)23-19)25-18-11-16(28-4)8-9-20(18)29-5/h6-12H,1-5H3,(H,26,27)(H,23,24,25). The summed E-state index contributed by atoms with van der Waals surface area (Å²) >= 11 is 0. The molecule has 2 N–H and O–H groups in total. The number of carbonyl (C=O) groups excluding carboxylic acids is 1. The number of hydrogen-bond donors (Lipinski definition) is 2. The number of nitrogens with one attached hydrogen (secondary N) is 2. The van der Waals surface area contributed by atoms with Crippen LogP contribution in [0.2, 0.25) is 0 Å². The summed E-state index contributed by atoms with van der Waals surface area (Å²) in [5.74, 6) is 1.96. The number of hydrogen-bond acceptors (Lipinski definition) is 6. The molecule has 0 bridgehead atoms. The van der Waals surface area contributed by atoms with E-state index in [4.69, 9.17) is 9.47 Å². The van der Waals surface area contributed by atoms with Gasteiger partial charge in [-0.3, -0.25) is 4.79 Å². The van der Waals surface area contributed by atoms with Crippen molar-refractivity contribution in [3.63, 3.8) is 0 Å². The Morgan fingerprint density at radius 2 is 1.69 bits per heavy atom. The number of carbonyl (C=O) groups is 1. The van der Waals surface area contributed by atoms with Crippen molar-refractivity contribution in [1.29, 1.82) is 0 Å². The number of ether oxygens (including phenoxy) is 2. The second-order valence-corrected chi connectivity index (χ2v) is 6.65. The van der Waals surface area contributed by atoms with Crippen LogP contribution in [0.3, 0.4) is 0 Å². The first-order valence-corrected chi connectivity index (χ1v) is 9.13. The molecule has 0 aliphatic carbocycles. The molecule has 0 aliphatic rings. The molecular formula is C22H24N4O3. The van der Waals surface area contributed by atoms with E-state index in [0.29, 0.717) is 28.8 Å².